The highest BCUT2D eigenvalue weighted by molar-refractivity contribution is 4.71. The van der Waals surface area contributed by atoms with Crippen molar-refractivity contribution in [3.05, 3.63) is 0 Å². The molecule has 1 atom stereocenters. The Labute approximate surface area is 70.3 Å². The van der Waals surface area contributed by atoms with Crippen LogP contribution in [-0.2, 0) is 4.74 Å². The molecule has 11 heavy (non-hydrogen) atoms. The van der Waals surface area contributed by atoms with Crippen molar-refractivity contribution in [2.24, 2.45) is 5.92 Å². The lowest BCUT2D eigenvalue weighted by molar-refractivity contribution is 0.143. The molecule has 0 aliphatic heterocycles. The van der Waals surface area contributed by atoms with Crippen LogP contribution in [0.4, 0.5) is 0 Å². The predicted octanol–water partition coefficient (Wildman–Crippen LogP) is 1.66. The van der Waals surface area contributed by atoms with Gasteiger partial charge in [-0.3, -0.25) is 0 Å². The molecule has 68 valence electrons. The van der Waals surface area contributed by atoms with Gasteiger partial charge in [-0.2, -0.15) is 0 Å². The molecule has 0 heterocycles. The lowest BCUT2D eigenvalue weighted by Gasteiger charge is -2.23. The highest BCUT2D eigenvalue weighted by Gasteiger charge is 2.12. The maximum atomic E-state index is 5.10. The fraction of sp³-hybridized carbons (Fsp3) is 1.00. The van der Waals surface area contributed by atoms with E-state index in [1.807, 2.05) is 0 Å². The molecule has 1 N–H and O–H groups in total. The van der Waals surface area contributed by atoms with Gasteiger partial charge in [-0.15, -0.1) is 0 Å². The third kappa shape index (κ3) is 5.22. The van der Waals surface area contributed by atoms with Gasteiger partial charge in [-0.25, -0.2) is 0 Å². The molecule has 0 aromatic carbocycles. The summed E-state index contributed by atoms with van der Waals surface area (Å²) in [5, 5.41) is 3.46. The fourth-order valence-electron chi connectivity index (χ4n) is 1.04. The summed E-state index contributed by atoms with van der Waals surface area (Å²) in [6, 6.07) is 1.03. The van der Waals surface area contributed by atoms with Gasteiger partial charge < -0.3 is 10.1 Å². The van der Waals surface area contributed by atoms with Crippen molar-refractivity contribution in [2.75, 3.05) is 13.7 Å². The van der Waals surface area contributed by atoms with Gasteiger partial charge in [0.1, 0.15) is 0 Å². The third-order valence-corrected chi connectivity index (χ3v) is 1.70. The average Bonchev–Trinajstić information content (AvgIpc) is 1.86. The number of methoxy groups -OCH3 is 1. The average molecular weight is 159 g/mol. The Kier molecular flexibility index (Phi) is 5.51. The number of rotatable bonds is 5. The van der Waals surface area contributed by atoms with Crippen molar-refractivity contribution in [3.63, 3.8) is 0 Å². The summed E-state index contributed by atoms with van der Waals surface area (Å²) in [6.45, 7) is 9.53. The Morgan fingerprint density at radius 1 is 1.18 bits per heavy atom. The molecule has 0 bridgehead atoms. The highest BCUT2D eigenvalue weighted by Crippen LogP contribution is 2.02. The Morgan fingerprint density at radius 2 is 1.73 bits per heavy atom. The molecule has 0 unspecified atom stereocenters. The minimum Gasteiger partial charge on any atom is -0.383 e. The molecular weight excluding hydrogens is 138 g/mol. The lowest BCUT2D eigenvalue weighted by Crippen LogP contribution is -2.41. The number of nitrogens with one attached hydrogen (secondary N) is 1. The van der Waals surface area contributed by atoms with Gasteiger partial charge in [0, 0.05) is 19.2 Å². The zero-order valence-electron chi connectivity index (χ0n) is 8.35. The van der Waals surface area contributed by atoms with E-state index in [-0.39, 0.29) is 0 Å². The third-order valence-electron chi connectivity index (χ3n) is 1.70. The van der Waals surface area contributed by atoms with Crippen LogP contribution < -0.4 is 5.32 Å². The second-order valence-corrected chi connectivity index (χ2v) is 3.63. The fourth-order valence-corrected chi connectivity index (χ4v) is 1.04. The molecule has 0 aliphatic rings. The van der Waals surface area contributed by atoms with E-state index in [1.165, 1.54) is 0 Å². The predicted molar refractivity (Wildman–Crippen MR) is 48.8 cm³/mol. The van der Waals surface area contributed by atoms with E-state index in [0.717, 1.165) is 6.61 Å². The van der Waals surface area contributed by atoms with Gasteiger partial charge in [0.2, 0.25) is 0 Å². The van der Waals surface area contributed by atoms with Crippen molar-refractivity contribution in [3.8, 4) is 0 Å². The van der Waals surface area contributed by atoms with Crippen LogP contribution in [0.2, 0.25) is 0 Å². The summed E-state index contributed by atoms with van der Waals surface area (Å²) in [5.41, 5.74) is 0. The molecule has 0 saturated carbocycles. The molecule has 0 spiro atoms. The van der Waals surface area contributed by atoms with Crippen molar-refractivity contribution in [1.82, 2.24) is 5.32 Å². The van der Waals surface area contributed by atoms with Crippen LogP contribution in [0.25, 0.3) is 0 Å². The van der Waals surface area contributed by atoms with Crippen LogP contribution in [0.15, 0.2) is 0 Å². The van der Waals surface area contributed by atoms with Crippen LogP contribution in [-0.4, -0.2) is 25.8 Å². The Hall–Kier alpha value is -0.0800. The monoisotopic (exact) mass is 159 g/mol. The number of ether oxygens (including phenoxy) is 1. The maximum Gasteiger partial charge on any atom is 0.0618 e. The Morgan fingerprint density at radius 3 is 2.00 bits per heavy atom. The van der Waals surface area contributed by atoms with Crippen LogP contribution in [0, 0.1) is 5.92 Å². The summed E-state index contributed by atoms with van der Waals surface area (Å²) in [6.07, 6.45) is 0. The number of hydrogen-bond donors (Lipinski definition) is 1. The van der Waals surface area contributed by atoms with E-state index < -0.39 is 0 Å². The van der Waals surface area contributed by atoms with E-state index >= 15 is 0 Å². The normalized spacial score (nSPS) is 14.5. The Balaban J connectivity index is 3.69. The summed E-state index contributed by atoms with van der Waals surface area (Å²) in [7, 11) is 1.75. The van der Waals surface area contributed by atoms with Gasteiger partial charge in [0.05, 0.1) is 6.61 Å². The van der Waals surface area contributed by atoms with Crippen molar-refractivity contribution in [1.29, 1.82) is 0 Å². The summed E-state index contributed by atoms with van der Waals surface area (Å²) < 4.78 is 5.10. The zero-order chi connectivity index (χ0) is 8.85. The molecule has 0 radical (unpaired) electrons. The maximum absolute atomic E-state index is 5.10. The first-order valence-electron chi connectivity index (χ1n) is 4.33. The first kappa shape index (κ1) is 10.9. The minimum atomic E-state index is 0.486. The van der Waals surface area contributed by atoms with Crippen LogP contribution in [0.3, 0.4) is 0 Å². The van der Waals surface area contributed by atoms with Crippen molar-refractivity contribution < 1.29 is 4.74 Å². The summed E-state index contributed by atoms with van der Waals surface area (Å²) in [4.78, 5) is 0. The minimum absolute atomic E-state index is 0.486. The largest absolute Gasteiger partial charge is 0.383 e. The van der Waals surface area contributed by atoms with Crippen LogP contribution >= 0.6 is 0 Å². The molecule has 0 rings (SSSR count). The van der Waals surface area contributed by atoms with Crippen LogP contribution in [0.1, 0.15) is 27.7 Å². The lowest BCUT2D eigenvalue weighted by atomic mass is 10.0. The molecule has 0 amide bonds. The van der Waals surface area contributed by atoms with Gasteiger partial charge >= 0.3 is 0 Å². The van der Waals surface area contributed by atoms with E-state index in [0.29, 0.717) is 18.0 Å². The van der Waals surface area contributed by atoms with E-state index in [9.17, 15) is 0 Å². The highest BCUT2D eigenvalue weighted by atomic mass is 16.5. The number of hydrogen-bond acceptors (Lipinski definition) is 2. The van der Waals surface area contributed by atoms with Gasteiger partial charge in [-0.1, -0.05) is 27.7 Å². The van der Waals surface area contributed by atoms with E-state index in [1.54, 1.807) is 7.11 Å². The molecule has 0 aliphatic carbocycles. The van der Waals surface area contributed by atoms with Crippen molar-refractivity contribution >= 4 is 0 Å². The summed E-state index contributed by atoms with van der Waals surface area (Å²) in [5.74, 6) is 0.636. The molecular formula is C9H21NO. The Bertz CT molecular complexity index is 91.6. The first-order valence-corrected chi connectivity index (χ1v) is 4.33. The second kappa shape index (κ2) is 5.56. The molecule has 0 saturated heterocycles. The second-order valence-electron chi connectivity index (χ2n) is 3.63. The zero-order valence-corrected chi connectivity index (χ0v) is 8.35. The van der Waals surface area contributed by atoms with Crippen molar-refractivity contribution in [2.45, 2.75) is 39.8 Å². The van der Waals surface area contributed by atoms with Gasteiger partial charge in [-0.05, 0) is 5.92 Å². The van der Waals surface area contributed by atoms with E-state index in [4.69, 9.17) is 4.74 Å². The topological polar surface area (TPSA) is 21.3 Å². The van der Waals surface area contributed by atoms with E-state index in [2.05, 4.69) is 33.0 Å². The SMILES string of the molecule is COC[C@@H](NC(C)C)C(C)C. The molecule has 0 aromatic rings. The van der Waals surface area contributed by atoms with Gasteiger partial charge in [0.15, 0.2) is 0 Å². The smallest absolute Gasteiger partial charge is 0.0618 e. The molecule has 2 heteroatoms. The van der Waals surface area contributed by atoms with Crippen LogP contribution in [0.5, 0.6) is 0 Å². The standard InChI is InChI=1S/C9H21NO/c1-7(2)9(6-11-5)10-8(3)4/h7-10H,6H2,1-5H3/t9-/m1/s1. The molecule has 0 aromatic heterocycles. The first-order chi connectivity index (χ1) is 5.07. The molecule has 0 fully saturated rings. The quantitative estimate of drug-likeness (QED) is 0.658. The van der Waals surface area contributed by atoms with Gasteiger partial charge in [0.25, 0.3) is 0 Å². The molecule has 2 nitrogen and oxygen atoms in total. The summed E-state index contributed by atoms with van der Waals surface area (Å²) >= 11 is 0.